The average Bonchev–Trinajstić information content (AvgIpc) is 3.11. The number of aryl methyl sites for hydroxylation is 1. The largest absolute Gasteiger partial charge is 0.370 e. The summed E-state index contributed by atoms with van der Waals surface area (Å²) < 4.78 is 1.14. The molecule has 0 radical (unpaired) electrons. The molecule has 0 amide bonds. The van der Waals surface area contributed by atoms with Crippen LogP contribution in [-0.2, 0) is 6.42 Å². The number of aromatic nitrogens is 3. The van der Waals surface area contributed by atoms with Crippen LogP contribution in [0.25, 0.3) is 10.9 Å². The summed E-state index contributed by atoms with van der Waals surface area (Å²) in [7, 11) is 0. The Balaban J connectivity index is 1.27. The highest BCUT2D eigenvalue weighted by molar-refractivity contribution is 9.10. The van der Waals surface area contributed by atoms with Crippen LogP contribution in [0.4, 0.5) is 11.8 Å². The molecule has 1 aliphatic rings. The van der Waals surface area contributed by atoms with Crippen molar-refractivity contribution in [3.05, 3.63) is 46.2 Å². The number of nitrogens with zero attached hydrogens (tertiary/aromatic N) is 2. The summed E-state index contributed by atoms with van der Waals surface area (Å²) in [6.45, 7) is 7.08. The molecule has 0 saturated heterocycles. The summed E-state index contributed by atoms with van der Waals surface area (Å²) in [6, 6.07) is 8.85. The Labute approximate surface area is 186 Å². The van der Waals surface area contributed by atoms with Gasteiger partial charge in [0.15, 0.2) is 0 Å². The Bertz CT molecular complexity index is 983. The van der Waals surface area contributed by atoms with E-state index in [-0.39, 0.29) is 0 Å². The van der Waals surface area contributed by atoms with Crippen molar-refractivity contribution in [2.24, 2.45) is 5.92 Å². The fourth-order valence-corrected chi connectivity index (χ4v) is 4.42. The minimum Gasteiger partial charge on any atom is -0.370 e. The van der Waals surface area contributed by atoms with Gasteiger partial charge in [0.1, 0.15) is 5.82 Å². The van der Waals surface area contributed by atoms with E-state index in [9.17, 15) is 0 Å². The normalized spacial score (nSPS) is 16.1. The third kappa shape index (κ3) is 5.13. The monoisotopic (exact) mass is 470 g/mol. The molecule has 6 nitrogen and oxygen atoms in total. The SMILES string of the molecule is CC(C)CNc1nccc(NCCCNC2CCCc3c2[nH]c2ccc(Br)cc32)n1. The van der Waals surface area contributed by atoms with E-state index in [0.29, 0.717) is 17.9 Å². The number of nitrogens with one attached hydrogen (secondary N) is 4. The van der Waals surface area contributed by atoms with E-state index in [1.54, 1.807) is 6.20 Å². The van der Waals surface area contributed by atoms with Crippen LogP contribution in [0.1, 0.15) is 50.4 Å². The Hall–Kier alpha value is -2.12. The molecular formula is C23H31BrN6. The molecule has 0 spiro atoms. The van der Waals surface area contributed by atoms with Gasteiger partial charge in [-0.3, -0.25) is 0 Å². The molecule has 2 aromatic heterocycles. The fourth-order valence-electron chi connectivity index (χ4n) is 4.06. The fraction of sp³-hybridized carbons (Fsp3) is 0.478. The quantitative estimate of drug-likeness (QED) is 0.321. The summed E-state index contributed by atoms with van der Waals surface area (Å²) >= 11 is 3.61. The zero-order valence-corrected chi connectivity index (χ0v) is 19.3. The van der Waals surface area contributed by atoms with Gasteiger partial charge < -0.3 is 20.9 Å². The van der Waals surface area contributed by atoms with Gasteiger partial charge >= 0.3 is 0 Å². The molecule has 0 saturated carbocycles. The van der Waals surface area contributed by atoms with E-state index in [0.717, 1.165) is 42.8 Å². The summed E-state index contributed by atoms with van der Waals surface area (Å²) in [5, 5.41) is 11.8. The van der Waals surface area contributed by atoms with Crippen LogP contribution < -0.4 is 16.0 Å². The Morgan fingerprint density at radius 3 is 2.97 bits per heavy atom. The second-order valence-electron chi connectivity index (χ2n) is 8.43. The van der Waals surface area contributed by atoms with Crippen molar-refractivity contribution < 1.29 is 0 Å². The highest BCUT2D eigenvalue weighted by atomic mass is 79.9. The Morgan fingerprint density at radius 1 is 1.20 bits per heavy atom. The molecule has 1 aromatic carbocycles. The topological polar surface area (TPSA) is 77.7 Å². The molecule has 0 aliphatic heterocycles. The number of H-pyrrole nitrogens is 1. The van der Waals surface area contributed by atoms with E-state index in [1.807, 2.05) is 6.07 Å². The lowest BCUT2D eigenvalue weighted by Gasteiger charge is -2.24. The molecule has 0 bridgehead atoms. The Kier molecular flexibility index (Phi) is 6.89. The van der Waals surface area contributed by atoms with Crippen molar-refractivity contribution in [3.63, 3.8) is 0 Å². The number of fused-ring (bicyclic) bond motifs is 3. The van der Waals surface area contributed by atoms with Gasteiger partial charge in [0.05, 0.1) is 0 Å². The van der Waals surface area contributed by atoms with Crippen LogP contribution >= 0.6 is 15.9 Å². The lowest BCUT2D eigenvalue weighted by molar-refractivity contribution is 0.452. The first-order chi connectivity index (χ1) is 14.6. The zero-order chi connectivity index (χ0) is 20.9. The molecule has 0 fully saturated rings. The number of anilines is 2. The Morgan fingerprint density at radius 2 is 2.10 bits per heavy atom. The van der Waals surface area contributed by atoms with E-state index < -0.39 is 0 Å². The van der Waals surface area contributed by atoms with Gasteiger partial charge in [0.25, 0.3) is 0 Å². The highest BCUT2D eigenvalue weighted by Gasteiger charge is 2.23. The summed E-state index contributed by atoms with van der Waals surface area (Å²) in [4.78, 5) is 12.5. The van der Waals surface area contributed by atoms with E-state index in [1.165, 1.54) is 35.0 Å². The van der Waals surface area contributed by atoms with Crippen molar-refractivity contribution >= 4 is 38.6 Å². The third-order valence-electron chi connectivity index (χ3n) is 5.54. The number of hydrogen-bond acceptors (Lipinski definition) is 5. The van der Waals surface area contributed by atoms with Crippen molar-refractivity contribution in [1.29, 1.82) is 0 Å². The first-order valence-corrected chi connectivity index (χ1v) is 11.7. The minimum absolute atomic E-state index is 0.408. The van der Waals surface area contributed by atoms with Crippen molar-refractivity contribution in [2.45, 2.75) is 45.6 Å². The zero-order valence-electron chi connectivity index (χ0n) is 17.8. The third-order valence-corrected chi connectivity index (χ3v) is 6.04. The summed E-state index contributed by atoms with van der Waals surface area (Å²) in [6.07, 6.45) is 6.41. The summed E-state index contributed by atoms with van der Waals surface area (Å²) in [5.41, 5.74) is 4.10. The van der Waals surface area contributed by atoms with Gasteiger partial charge in [0.2, 0.25) is 5.95 Å². The van der Waals surface area contributed by atoms with Gasteiger partial charge in [0, 0.05) is 46.4 Å². The van der Waals surface area contributed by atoms with Crippen LogP contribution in [0.3, 0.4) is 0 Å². The second-order valence-corrected chi connectivity index (χ2v) is 9.34. The molecule has 1 aliphatic carbocycles. The molecule has 2 heterocycles. The van der Waals surface area contributed by atoms with Crippen LogP contribution in [0.5, 0.6) is 0 Å². The lowest BCUT2D eigenvalue weighted by atomic mass is 9.91. The molecule has 4 rings (SSSR count). The van der Waals surface area contributed by atoms with Crippen LogP contribution in [0.2, 0.25) is 0 Å². The maximum atomic E-state index is 4.53. The molecule has 1 unspecified atom stereocenters. The van der Waals surface area contributed by atoms with E-state index in [4.69, 9.17) is 0 Å². The number of hydrogen-bond donors (Lipinski definition) is 4. The molecule has 30 heavy (non-hydrogen) atoms. The smallest absolute Gasteiger partial charge is 0.224 e. The predicted molar refractivity (Wildman–Crippen MR) is 128 cm³/mol. The summed E-state index contributed by atoms with van der Waals surface area (Å²) in [5.74, 6) is 2.12. The second kappa shape index (κ2) is 9.79. The van der Waals surface area contributed by atoms with E-state index in [2.05, 4.69) is 78.9 Å². The van der Waals surface area contributed by atoms with Gasteiger partial charge in [-0.05, 0) is 68.0 Å². The maximum Gasteiger partial charge on any atom is 0.224 e. The molecule has 7 heteroatoms. The number of aromatic amines is 1. The number of halogens is 1. The van der Waals surface area contributed by atoms with Crippen molar-refractivity contribution in [1.82, 2.24) is 20.3 Å². The van der Waals surface area contributed by atoms with Gasteiger partial charge in [-0.15, -0.1) is 0 Å². The van der Waals surface area contributed by atoms with Gasteiger partial charge in [-0.25, -0.2) is 4.98 Å². The lowest BCUT2D eigenvalue weighted by Crippen LogP contribution is -2.27. The predicted octanol–water partition coefficient (Wildman–Crippen LogP) is 5.26. The van der Waals surface area contributed by atoms with Crippen LogP contribution in [-0.4, -0.2) is 34.6 Å². The minimum atomic E-state index is 0.408. The van der Waals surface area contributed by atoms with Crippen LogP contribution in [0.15, 0.2) is 34.9 Å². The molecule has 3 aromatic rings. The van der Waals surface area contributed by atoms with Gasteiger partial charge in [-0.2, -0.15) is 4.98 Å². The van der Waals surface area contributed by atoms with Crippen LogP contribution in [0, 0.1) is 5.92 Å². The van der Waals surface area contributed by atoms with E-state index >= 15 is 0 Å². The first-order valence-electron chi connectivity index (χ1n) is 10.9. The number of rotatable bonds is 9. The highest BCUT2D eigenvalue weighted by Crippen LogP contribution is 2.35. The molecular weight excluding hydrogens is 440 g/mol. The first kappa shape index (κ1) is 21.1. The van der Waals surface area contributed by atoms with Gasteiger partial charge in [-0.1, -0.05) is 29.8 Å². The standard InChI is InChI=1S/C23H31BrN6/c1-15(2)14-28-23-27-12-9-21(30-23)26-11-4-10-25-20-6-3-5-17-18-13-16(24)7-8-19(18)29-22(17)20/h7-9,12-13,15,20,25,29H,3-6,10-11,14H2,1-2H3,(H2,26,27,28,30). The molecule has 160 valence electrons. The van der Waals surface area contributed by atoms with Crippen molar-refractivity contribution in [2.75, 3.05) is 30.3 Å². The number of benzene rings is 1. The maximum absolute atomic E-state index is 4.53. The van der Waals surface area contributed by atoms with Crippen molar-refractivity contribution in [3.8, 4) is 0 Å². The molecule has 4 N–H and O–H groups in total. The average molecular weight is 471 g/mol. The molecule has 1 atom stereocenters.